The Labute approximate surface area is 112 Å². The second-order valence-electron chi connectivity index (χ2n) is 4.76. The van der Waals surface area contributed by atoms with Gasteiger partial charge in [0.2, 0.25) is 0 Å². The Balaban J connectivity index is 2.76. The number of pyridine rings is 1. The number of nitrogens with zero attached hydrogens (tertiary/aromatic N) is 1. The summed E-state index contributed by atoms with van der Waals surface area (Å²) in [5.41, 5.74) is 1.41. The van der Waals surface area contributed by atoms with Crippen molar-refractivity contribution in [3.05, 3.63) is 29.6 Å². The van der Waals surface area contributed by atoms with E-state index in [9.17, 15) is 4.39 Å². The molecule has 2 aromatic rings. The molecule has 0 fully saturated rings. The van der Waals surface area contributed by atoms with Crippen LogP contribution in [0.15, 0.2) is 18.2 Å². The first-order chi connectivity index (χ1) is 9.08. The summed E-state index contributed by atoms with van der Waals surface area (Å²) in [6.45, 7) is 6.94. The fraction of sp³-hybridized carbons (Fsp3) is 0.400. The Morgan fingerprint density at radius 2 is 2.11 bits per heavy atom. The van der Waals surface area contributed by atoms with Gasteiger partial charge in [0.1, 0.15) is 22.9 Å². The van der Waals surface area contributed by atoms with Crippen molar-refractivity contribution in [1.82, 2.24) is 4.98 Å². The van der Waals surface area contributed by atoms with Gasteiger partial charge in [0.05, 0.1) is 7.11 Å². The van der Waals surface area contributed by atoms with Gasteiger partial charge in [0.25, 0.3) is 0 Å². The molecular formula is C15H19FN2O. The third-order valence-corrected chi connectivity index (χ3v) is 3.11. The molecule has 0 saturated heterocycles. The number of hydrogen-bond donors (Lipinski definition) is 1. The largest absolute Gasteiger partial charge is 0.496 e. The van der Waals surface area contributed by atoms with E-state index in [1.807, 2.05) is 13.0 Å². The minimum Gasteiger partial charge on any atom is -0.496 e. The van der Waals surface area contributed by atoms with Crippen molar-refractivity contribution < 1.29 is 9.13 Å². The molecule has 19 heavy (non-hydrogen) atoms. The van der Waals surface area contributed by atoms with Crippen LogP contribution in [-0.4, -0.2) is 18.6 Å². The molecule has 0 atom stereocenters. The van der Waals surface area contributed by atoms with Crippen LogP contribution in [0.1, 0.15) is 32.3 Å². The van der Waals surface area contributed by atoms with E-state index in [0.717, 1.165) is 17.9 Å². The van der Waals surface area contributed by atoms with Crippen molar-refractivity contribution in [2.24, 2.45) is 0 Å². The third kappa shape index (κ3) is 2.48. The van der Waals surface area contributed by atoms with Crippen molar-refractivity contribution >= 4 is 16.7 Å². The molecule has 0 aliphatic heterocycles. The summed E-state index contributed by atoms with van der Waals surface area (Å²) < 4.78 is 19.2. The van der Waals surface area contributed by atoms with Crippen LogP contribution in [0.2, 0.25) is 0 Å². The van der Waals surface area contributed by atoms with Crippen molar-refractivity contribution in [1.29, 1.82) is 0 Å². The number of methoxy groups -OCH3 is 1. The Hall–Kier alpha value is -1.84. The zero-order valence-corrected chi connectivity index (χ0v) is 11.7. The molecule has 3 nitrogen and oxygen atoms in total. The topological polar surface area (TPSA) is 34.2 Å². The van der Waals surface area contributed by atoms with Crippen LogP contribution in [0.3, 0.4) is 0 Å². The maximum atomic E-state index is 13.9. The molecule has 0 radical (unpaired) electrons. The summed E-state index contributed by atoms with van der Waals surface area (Å²) >= 11 is 0. The first-order valence-corrected chi connectivity index (χ1v) is 6.49. The highest BCUT2D eigenvalue weighted by molar-refractivity contribution is 5.88. The minimum absolute atomic E-state index is 0.305. The molecule has 0 aliphatic carbocycles. The highest BCUT2D eigenvalue weighted by Gasteiger charge is 2.14. The third-order valence-electron chi connectivity index (χ3n) is 3.11. The van der Waals surface area contributed by atoms with Crippen LogP contribution < -0.4 is 10.1 Å². The van der Waals surface area contributed by atoms with Gasteiger partial charge in [0, 0.05) is 11.9 Å². The predicted molar refractivity (Wildman–Crippen MR) is 76.5 cm³/mol. The summed E-state index contributed by atoms with van der Waals surface area (Å²) in [5, 5.41) is 3.91. The number of aromatic nitrogens is 1. The van der Waals surface area contributed by atoms with Gasteiger partial charge in [-0.25, -0.2) is 9.37 Å². The van der Waals surface area contributed by atoms with Gasteiger partial charge in [-0.15, -0.1) is 0 Å². The molecule has 0 aliphatic rings. The molecule has 2 rings (SSSR count). The molecule has 0 unspecified atom stereocenters. The number of rotatable bonds is 4. The summed E-state index contributed by atoms with van der Waals surface area (Å²) in [6, 6.07) is 4.99. The molecule has 4 heteroatoms. The van der Waals surface area contributed by atoms with Crippen LogP contribution in [-0.2, 0) is 0 Å². The predicted octanol–water partition coefficient (Wildman–Crippen LogP) is 3.94. The van der Waals surface area contributed by atoms with Crippen LogP contribution >= 0.6 is 0 Å². The van der Waals surface area contributed by atoms with Crippen molar-refractivity contribution in [3.63, 3.8) is 0 Å². The SMILES string of the molecule is CCNc1nc2c(F)ccc(OC)c2cc1C(C)C. The van der Waals surface area contributed by atoms with E-state index >= 15 is 0 Å². The molecule has 102 valence electrons. The average Bonchev–Trinajstić information content (AvgIpc) is 2.39. The lowest BCUT2D eigenvalue weighted by atomic mass is 10.0. The van der Waals surface area contributed by atoms with Gasteiger partial charge < -0.3 is 10.1 Å². The zero-order valence-electron chi connectivity index (χ0n) is 11.7. The standard InChI is InChI=1S/C15H19FN2O/c1-5-17-15-10(9(2)3)8-11-13(19-4)7-6-12(16)14(11)18-15/h6-9H,5H2,1-4H3,(H,17,18). The molecule has 1 aromatic heterocycles. The van der Waals surface area contributed by atoms with Crippen LogP contribution in [0.25, 0.3) is 10.9 Å². The molecule has 0 spiro atoms. The second-order valence-corrected chi connectivity index (χ2v) is 4.76. The van der Waals surface area contributed by atoms with E-state index in [-0.39, 0.29) is 5.82 Å². The highest BCUT2D eigenvalue weighted by atomic mass is 19.1. The van der Waals surface area contributed by atoms with Gasteiger partial charge >= 0.3 is 0 Å². The lowest BCUT2D eigenvalue weighted by Crippen LogP contribution is -2.06. The number of halogens is 1. The smallest absolute Gasteiger partial charge is 0.149 e. The zero-order chi connectivity index (χ0) is 14.0. The average molecular weight is 262 g/mol. The quantitative estimate of drug-likeness (QED) is 0.906. The number of fused-ring (bicyclic) bond motifs is 1. The molecule has 0 bridgehead atoms. The maximum Gasteiger partial charge on any atom is 0.149 e. The lowest BCUT2D eigenvalue weighted by Gasteiger charge is -2.15. The number of nitrogens with one attached hydrogen (secondary N) is 1. The van der Waals surface area contributed by atoms with Crippen LogP contribution in [0.5, 0.6) is 5.75 Å². The van der Waals surface area contributed by atoms with Gasteiger partial charge in [-0.05, 0) is 36.6 Å². The number of hydrogen-bond acceptors (Lipinski definition) is 3. The van der Waals surface area contributed by atoms with Gasteiger partial charge in [-0.3, -0.25) is 0 Å². The summed E-state index contributed by atoms with van der Waals surface area (Å²) in [6.07, 6.45) is 0. The van der Waals surface area contributed by atoms with E-state index in [1.54, 1.807) is 13.2 Å². The Morgan fingerprint density at radius 1 is 1.37 bits per heavy atom. The Kier molecular flexibility index (Phi) is 3.88. The van der Waals surface area contributed by atoms with Crippen molar-refractivity contribution in [2.45, 2.75) is 26.7 Å². The van der Waals surface area contributed by atoms with Gasteiger partial charge in [-0.1, -0.05) is 13.8 Å². The molecule has 0 saturated carbocycles. The first-order valence-electron chi connectivity index (χ1n) is 6.49. The highest BCUT2D eigenvalue weighted by Crippen LogP contribution is 2.32. The Bertz CT molecular complexity index is 596. The summed E-state index contributed by atoms with van der Waals surface area (Å²) in [7, 11) is 1.58. The second kappa shape index (κ2) is 5.43. The number of ether oxygens (including phenoxy) is 1. The van der Waals surface area contributed by atoms with Crippen molar-refractivity contribution in [2.75, 3.05) is 19.0 Å². The Morgan fingerprint density at radius 3 is 2.68 bits per heavy atom. The monoisotopic (exact) mass is 262 g/mol. The summed E-state index contributed by atoms with van der Waals surface area (Å²) in [5.74, 6) is 1.37. The minimum atomic E-state index is -0.328. The van der Waals surface area contributed by atoms with E-state index in [2.05, 4.69) is 24.1 Å². The number of anilines is 1. The van der Waals surface area contributed by atoms with E-state index < -0.39 is 0 Å². The summed E-state index contributed by atoms with van der Waals surface area (Å²) in [4.78, 5) is 4.43. The van der Waals surface area contributed by atoms with Gasteiger partial charge in [0.15, 0.2) is 0 Å². The van der Waals surface area contributed by atoms with E-state index in [4.69, 9.17) is 4.74 Å². The molecule has 1 heterocycles. The molecular weight excluding hydrogens is 243 g/mol. The molecule has 0 amide bonds. The molecule has 1 N–H and O–H groups in total. The van der Waals surface area contributed by atoms with E-state index in [1.165, 1.54) is 6.07 Å². The van der Waals surface area contributed by atoms with Crippen LogP contribution in [0, 0.1) is 5.82 Å². The normalized spacial score (nSPS) is 11.1. The first kappa shape index (κ1) is 13.6. The fourth-order valence-electron chi connectivity index (χ4n) is 2.14. The van der Waals surface area contributed by atoms with E-state index in [0.29, 0.717) is 22.6 Å². The van der Waals surface area contributed by atoms with Crippen LogP contribution in [0.4, 0.5) is 10.2 Å². The fourth-order valence-corrected chi connectivity index (χ4v) is 2.14. The molecule has 1 aromatic carbocycles. The van der Waals surface area contributed by atoms with Gasteiger partial charge in [-0.2, -0.15) is 0 Å². The maximum absolute atomic E-state index is 13.9. The van der Waals surface area contributed by atoms with Crippen molar-refractivity contribution in [3.8, 4) is 5.75 Å². The lowest BCUT2D eigenvalue weighted by molar-refractivity contribution is 0.419. The number of benzene rings is 1.